The second-order valence-corrected chi connectivity index (χ2v) is 5.92. The molecule has 4 nitrogen and oxygen atoms in total. The van der Waals surface area contributed by atoms with Gasteiger partial charge in [0.25, 0.3) is 5.91 Å². The van der Waals surface area contributed by atoms with Crippen molar-refractivity contribution < 1.29 is 4.79 Å². The van der Waals surface area contributed by atoms with Crippen LogP contribution in [0.15, 0.2) is 16.9 Å². The molecule has 0 radical (unpaired) electrons. The number of nitrogens with one attached hydrogen (secondary N) is 2. The van der Waals surface area contributed by atoms with Gasteiger partial charge in [-0.15, -0.1) is 0 Å². The van der Waals surface area contributed by atoms with Crippen molar-refractivity contribution in [1.29, 1.82) is 0 Å². The molecular formula is C16H24N2O2. The fourth-order valence-electron chi connectivity index (χ4n) is 3.07. The van der Waals surface area contributed by atoms with Crippen molar-refractivity contribution in [2.45, 2.75) is 58.4 Å². The second-order valence-electron chi connectivity index (χ2n) is 5.92. The Morgan fingerprint density at radius 3 is 2.60 bits per heavy atom. The van der Waals surface area contributed by atoms with Crippen molar-refractivity contribution in [1.82, 2.24) is 10.3 Å². The van der Waals surface area contributed by atoms with Crippen molar-refractivity contribution in [2.24, 2.45) is 5.92 Å². The van der Waals surface area contributed by atoms with E-state index in [-0.39, 0.29) is 17.5 Å². The summed E-state index contributed by atoms with van der Waals surface area (Å²) in [6.07, 6.45) is 7.03. The van der Waals surface area contributed by atoms with E-state index in [4.69, 9.17) is 0 Å². The minimum atomic E-state index is -0.221. The molecule has 1 aromatic heterocycles. The summed E-state index contributed by atoms with van der Waals surface area (Å²) in [4.78, 5) is 26.1. The van der Waals surface area contributed by atoms with Crippen LogP contribution < -0.4 is 10.9 Å². The van der Waals surface area contributed by atoms with Crippen LogP contribution >= 0.6 is 0 Å². The van der Waals surface area contributed by atoms with Crippen LogP contribution in [0.5, 0.6) is 0 Å². The van der Waals surface area contributed by atoms with E-state index >= 15 is 0 Å². The number of rotatable bonds is 4. The van der Waals surface area contributed by atoms with Crippen LogP contribution in [0.1, 0.15) is 61.5 Å². The van der Waals surface area contributed by atoms with Crippen molar-refractivity contribution in [3.8, 4) is 0 Å². The molecule has 4 heteroatoms. The van der Waals surface area contributed by atoms with Gasteiger partial charge in [0.15, 0.2) is 0 Å². The van der Waals surface area contributed by atoms with Gasteiger partial charge in [-0.25, -0.2) is 0 Å². The van der Waals surface area contributed by atoms with Gasteiger partial charge in [0, 0.05) is 12.1 Å². The highest BCUT2D eigenvalue weighted by Gasteiger charge is 2.22. The van der Waals surface area contributed by atoms with Gasteiger partial charge in [0.05, 0.1) is 0 Å². The molecule has 20 heavy (non-hydrogen) atoms. The second kappa shape index (κ2) is 6.73. The van der Waals surface area contributed by atoms with E-state index < -0.39 is 0 Å². The fourth-order valence-corrected chi connectivity index (χ4v) is 3.07. The van der Waals surface area contributed by atoms with Crippen molar-refractivity contribution in [2.75, 3.05) is 0 Å². The third-order valence-corrected chi connectivity index (χ3v) is 4.11. The van der Waals surface area contributed by atoms with Crippen LogP contribution in [0.2, 0.25) is 0 Å². The van der Waals surface area contributed by atoms with E-state index in [0.717, 1.165) is 24.3 Å². The monoisotopic (exact) mass is 276 g/mol. The predicted molar refractivity (Wildman–Crippen MR) is 79.9 cm³/mol. The summed E-state index contributed by atoms with van der Waals surface area (Å²) >= 11 is 0. The average Bonchev–Trinajstić information content (AvgIpc) is 2.40. The van der Waals surface area contributed by atoms with E-state index in [0.29, 0.717) is 5.69 Å². The summed E-state index contributed by atoms with van der Waals surface area (Å²) in [5.41, 5.74) is 0.957. The molecule has 1 aromatic rings. The molecule has 1 heterocycles. The van der Waals surface area contributed by atoms with Crippen molar-refractivity contribution >= 4 is 5.91 Å². The molecule has 1 fully saturated rings. The lowest BCUT2D eigenvalue weighted by Gasteiger charge is -2.28. The SMILES string of the molecule is CCCC1CCC(NC(=O)c2cc(C)cc(=O)[nH]2)CC1. The quantitative estimate of drug-likeness (QED) is 0.888. The first-order valence-electron chi connectivity index (χ1n) is 7.60. The largest absolute Gasteiger partial charge is 0.348 e. The number of pyridine rings is 1. The van der Waals surface area contributed by atoms with Gasteiger partial charge in [-0.05, 0) is 50.2 Å². The third-order valence-electron chi connectivity index (χ3n) is 4.11. The maximum atomic E-state index is 12.1. The summed E-state index contributed by atoms with van der Waals surface area (Å²) in [6, 6.07) is 3.46. The molecule has 2 N–H and O–H groups in total. The Labute approximate surface area is 120 Å². The van der Waals surface area contributed by atoms with E-state index in [2.05, 4.69) is 17.2 Å². The molecule has 0 bridgehead atoms. The number of carbonyl (C=O) groups is 1. The summed E-state index contributed by atoms with van der Waals surface area (Å²) < 4.78 is 0. The molecular weight excluding hydrogens is 252 g/mol. The zero-order chi connectivity index (χ0) is 14.5. The molecule has 1 saturated carbocycles. The molecule has 1 amide bonds. The molecule has 2 rings (SSSR count). The number of aryl methyl sites for hydroxylation is 1. The molecule has 0 spiro atoms. The molecule has 0 atom stereocenters. The van der Waals surface area contributed by atoms with E-state index in [1.165, 1.54) is 31.7 Å². The number of aromatic amines is 1. The summed E-state index contributed by atoms with van der Waals surface area (Å²) in [7, 11) is 0. The Morgan fingerprint density at radius 2 is 2.00 bits per heavy atom. The van der Waals surface area contributed by atoms with Crippen molar-refractivity contribution in [3.05, 3.63) is 33.7 Å². The summed E-state index contributed by atoms with van der Waals surface area (Å²) in [5.74, 6) is 0.664. The first-order valence-corrected chi connectivity index (χ1v) is 7.60. The molecule has 1 aliphatic rings. The smallest absolute Gasteiger partial charge is 0.268 e. The topological polar surface area (TPSA) is 62.0 Å². The first kappa shape index (κ1) is 14.8. The molecule has 110 valence electrons. The van der Waals surface area contributed by atoms with Crippen LogP contribution in [0.3, 0.4) is 0 Å². The lowest BCUT2D eigenvalue weighted by Crippen LogP contribution is -2.38. The van der Waals surface area contributed by atoms with E-state index in [1.807, 2.05) is 6.92 Å². The zero-order valence-electron chi connectivity index (χ0n) is 12.4. The van der Waals surface area contributed by atoms with Crippen LogP contribution in [-0.4, -0.2) is 16.9 Å². The number of hydrogen-bond donors (Lipinski definition) is 2. The Bertz CT molecular complexity index is 513. The van der Waals surface area contributed by atoms with Gasteiger partial charge < -0.3 is 10.3 Å². The molecule has 1 aliphatic carbocycles. The molecule has 0 unspecified atom stereocenters. The number of carbonyl (C=O) groups excluding carboxylic acids is 1. The van der Waals surface area contributed by atoms with Gasteiger partial charge in [0.1, 0.15) is 5.69 Å². The highest BCUT2D eigenvalue weighted by atomic mass is 16.2. The van der Waals surface area contributed by atoms with Crippen LogP contribution in [0, 0.1) is 12.8 Å². The number of hydrogen-bond acceptors (Lipinski definition) is 2. The number of H-pyrrole nitrogens is 1. The molecule has 0 aromatic carbocycles. The Morgan fingerprint density at radius 1 is 1.30 bits per heavy atom. The minimum Gasteiger partial charge on any atom is -0.348 e. The summed E-state index contributed by atoms with van der Waals surface area (Å²) in [5, 5.41) is 3.04. The minimum absolute atomic E-state index is 0.162. The van der Waals surface area contributed by atoms with E-state index in [1.54, 1.807) is 6.07 Å². The van der Waals surface area contributed by atoms with E-state index in [9.17, 15) is 9.59 Å². The van der Waals surface area contributed by atoms with Gasteiger partial charge >= 0.3 is 0 Å². The highest BCUT2D eigenvalue weighted by molar-refractivity contribution is 5.92. The van der Waals surface area contributed by atoms with Gasteiger partial charge in [-0.2, -0.15) is 0 Å². The Balaban J connectivity index is 1.91. The third kappa shape index (κ3) is 3.95. The number of amides is 1. The highest BCUT2D eigenvalue weighted by Crippen LogP contribution is 2.27. The van der Waals surface area contributed by atoms with Gasteiger partial charge in [0.2, 0.25) is 5.56 Å². The average molecular weight is 276 g/mol. The maximum Gasteiger partial charge on any atom is 0.268 e. The maximum absolute atomic E-state index is 12.1. The normalized spacial score (nSPS) is 22.5. The number of aromatic nitrogens is 1. The molecule has 0 saturated heterocycles. The summed E-state index contributed by atoms with van der Waals surface area (Å²) in [6.45, 7) is 4.05. The standard InChI is InChI=1S/C16H24N2O2/c1-3-4-12-5-7-13(8-6-12)17-16(20)14-9-11(2)10-15(19)18-14/h9-10,12-13H,3-8H2,1-2H3,(H,17,20)(H,18,19). The van der Waals surface area contributed by atoms with Gasteiger partial charge in [-0.1, -0.05) is 19.8 Å². The van der Waals surface area contributed by atoms with Crippen LogP contribution in [0.25, 0.3) is 0 Å². The Kier molecular flexibility index (Phi) is 4.99. The fraction of sp³-hybridized carbons (Fsp3) is 0.625. The van der Waals surface area contributed by atoms with Crippen LogP contribution in [-0.2, 0) is 0 Å². The van der Waals surface area contributed by atoms with Crippen molar-refractivity contribution in [3.63, 3.8) is 0 Å². The van der Waals surface area contributed by atoms with Gasteiger partial charge in [-0.3, -0.25) is 9.59 Å². The zero-order valence-corrected chi connectivity index (χ0v) is 12.4. The predicted octanol–water partition coefficient (Wildman–Crippen LogP) is 2.77. The Hall–Kier alpha value is -1.58. The first-order chi connectivity index (χ1) is 9.58. The lowest BCUT2D eigenvalue weighted by molar-refractivity contribution is 0.0915. The lowest BCUT2D eigenvalue weighted by atomic mass is 9.83. The molecule has 0 aliphatic heterocycles. The van der Waals surface area contributed by atoms with Crippen LogP contribution in [0.4, 0.5) is 0 Å².